The van der Waals surface area contributed by atoms with Gasteiger partial charge in [-0.05, 0) is 38.1 Å². The van der Waals surface area contributed by atoms with E-state index >= 15 is 0 Å². The van der Waals surface area contributed by atoms with E-state index in [2.05, 4.69) is 5.32 Å². The predicted octanol–water partition coefficient (Wildman–Crippen LogP) is 2.86. The van der Waals surface area contributed by atoms with Gasteiger partial charge in [0.2, 0.25) is 0 Å². The van der Waals surface area contributed by atoms with Gasteiger partial charge in [-0.2, -0.15) is 0 Å². The van der Waals surface area contributed by atoms with E-state index in [0.717, 1.165) is 16.9 Å². The molecule has 0 fully saturated rings. The number of methoxy groups -OCH3 is 2. The summed E-state index contributed by atoms with van der Waals surface area (Å²) < 4.78 is 10.6. The van der Waals surface area contributed by atoms with Gasteiger partial charge >= 0.3 is 0 Å². The summed E-state index contributed by atoms with van der Waals surface area (Å²) in [6, 6.07) is 13.1. The van der Waals surface area contributed by atoms with E-state index in [-0.39, 0.29) is 18.0 Å². The highest BCUT2D eigenvalue weighted by Gasteiger charge is 2.18. The maximum atomic E-state index is 12.4. The zero-order valence-electron chi connectivity index (χ0n) is 15.6. The van der Waals surface area contributed by atoms with Crippen molar-refractivity contribution in [2.75, 3.05) is 20.8 Å². The van der Waals surface area contributed by atoms with E-state index in [1.54, 1.807) is 14.2 Å². The smallest absolute Gasteiger partial charge is 0.275 e. The first-order valence-corrected chi connectivity index (χ1v) is 8.93. The van der Waals surface area contributed by atoms with Gasteiger partial charge in [0.05, 0.1) is 20.3 Å². The average molecular weight is 378 g/mol. The second-order valence-corrected chi connectivity index (χ2v) is 6.55. The zero-order valence-corrected chi connectivity index (χ0v) is 16.3. The Morgan fingerprint density at radius 2 is 1.85 bits per heavy atom. The molecule has 26 heavy (non-hydrogen) atoms. The molecule has 6 heteroatoms. The van der Waals surface area contributed by atoms with Crippen molar-refractivity contribution in [3.05, 3.63) is 58.6 Å². The third-order valence-electron chi connectivity index (χ3n) is 4.33. The number of hydrogen-bond donors (Lipinski definition) is 2. The van der Waals surface area contributed by atoms with Gasteiger partial charge in [-0.3, -0.25) is 4.79 Å². The van der Waals surface area contributed by atoms with Crippen LogP contribution in [0.25, 0.3) is 0 Å². The first-order valence-electron chi connectivity index (χ1n) is 8.55. The summed E-state index contributed by atoms with van der Waals surface area (Å²) in [4.78, 5) is 12.4. The Bertz CT molecular complexity index is 752. The minimum absolute atomic E-state index is 0.0544. The van der Waals surface area contributed by atoms with Crippen molar-refractivity contribution < 1.29 is 19.6 Å². The van der Waals surface area contributed by atoms with Crippen molar-refractivity contribution in [1.82, 2.24) is 5.32 Å². The van der Waals surface area contributed by atoms with Crippen LogP contribution in [0.2, 0.25) is 5.02 Å². The summed E-state index contributed by atoms with van der Waals surface area (Å²) in [5.74, 6) is 1.38. The molecule has 0 heterocycles. The molecule has 0 spiro atoms. The summed E-state index contributed by atoms with van der Waals surface area (Å²) in [5, 5.41) is 5.68. The lowest BCUT2D eigenvalue weighted by Gasteiger charge is -2.18. The number of halogens is 1. The highest BCUT2D eigenvalue weighted by molar-refractivity contribution is 6.31. The van der Waals surface area contributed by atoms with Crippen LogP contribution in [-0.2, 0) is 4.79 Å². The molecule has 1 amide bonds. The van der Waals surface area contributed by atoms with Crippen molar-refractivity contribution in [2.45, 2.75) is 25.9 Å². The lowest BCUT2D eigenvalue weighted by atomic mass is 10.1. The van der Waals surface area contributed by atoms with Crippen molar-refractivity contribution in [2.24, 2.45) is 0 Å². The van der Waals surface area contributed by atoms with Crippen LogP contribution in [0.5, 0.6) is 11.5 Å². The molecule has 5 nitrogen and oxygen atoms in total. The molecule has 0 bridgehead atoms. The number of amides is 1. The van der Waals surface area contributed by atoms with Gasteiger partial charge < -0.3 is 20.1 Å². The molecule has 0 unspecified atom stereocenters. The molecule has 2 atom stereocenters. The normalized spacial score (nSPS) is 13.0. The van der Waals surface area contributed by atoms with Gasteiger partial charge in [0.15, 0.2) is 6.54 Å². The lowest BCUT2D eigenvalue weighted by molar-refractivity contribution is -0.682. The van der Waals surface area contributed by atoms with Crippen LogP contribution in [0.15, 0.2) is 42.5 Å². The van der Waals surface area contributed by atoms with Gasteiger partial charge in [-0.25, -0.2) is 0 Å². The first kappa shape index (κ1) is 20.1. The maximum Gasteiger partial charge on any atom is 0.275 e. The second kappa shape index (κ2) is 9.46. The van der Waals surface area contributed by atoms with E-state index in [4.69, 9.17) is 21.1 Å². The van der Waals surface area contributed by atoms with Crippen LogP contribution >= 0.6 is 11.6 Å². The Morgan fingerprint density at radius 3 is 2.50 bits per heavy atom. The van der Waals surface area contributed by atoms with E-state index < -0.39 is 0 Å². The number of quaternary nitrogens is 1. The highest BCUT2D eigenvalue weighted by atomic mass is 35.5. The molecular formula is C20H26ClN2O3+. The van der Waals surface area contributed by atoms with Gasteiger partial charge in [0, 0.05) is 16.1 Å². The molecule has 0 aromatic heterocycles. The fraction of sp³-hybridized carbons (Fsp3) is 0.350. The predicted molar refractivity (Wildman–Crippen MR) is 103 cm³/mol. The third kappa shape index (κ3) is 5.13. The maximum absolute atomic E-state index is 12.4. The summed E-state index contributed by atoms with van der Waals surface area (Å²) >= 11 is 6.21. The van der Waals surface area contributed by atoms with Crippen LogP contribution in [0, 0.1) is 0 Å². The number of rotatable bonds is 8. The van der Waals surface area contributed by atoms with Crippen LogP contribution in [0.1, 0.15) is 37.1 Å². The third-order valence-corrected chi connectivity index (χ3v) is 4.68. The minimum atomic E-state index is -0.198. The number of benzene rings is 2. The SMILES string of the molecule is COc1ccc(OC)c([C@H](C)NC(=O)C[NH2+][C@H](C)c2ccccc2Cl)c1. The quantitative estimate of drug-likeness (QED) is 0.743. The van der Waals surface area contributed by atoms with Gasteiger partial charge in [0.25, 0.3) is 5.91 Å². The summed E-state index contributed by atoms with van der Waals surface area (Å²) in [5.41, 5.74) is 1.89. The first-order chi connectivity index (χ1) is 12.5. The fourth-order valence-corrected chi connectivity index (χ4v) is 3.12. The Morgan fingerprint density at radius 1 is 1.12 bits per heavy atom. The fourth-order valence-electron chi connectivity index (χ4n) is 2.81. The number of hydrogen-bond acceptors (Lipinski definition) is 3. The molecule has 2 rings (SSSR count). The molecule has 140 valence electrons. The van der Waals surface area contributed by atoms with Crippen LogP contribution < -0.4 is 20.1 Å². The molecule has 2 aromatic carbocycles. The monoisotopic (exact) mass is 377 g/mol. The van der Waals surface area contributed by atoms with Gasteiger partial charge in [0.1, 0.15) is 17.5 Å². The molecule has 0 saturated heterocycles. The number of nitrogens with one attached hydrogen (secondary N) is 1. The molecule has 0 aliphatic heterocycles. The van der Waals surface area contributed by atoms with Gasteiger partial charge in [-0.1, -0.05) is 29.8 Å². The Labute approximate surface area is 159 Å². The number of carbonyl (C=O) groups is 1. The topological polar surface area (TPSA) is 64.2 Å². The van der Waals surface area contributed by atoms with E-state index in [1.807, 2.05) is 61.6 Å². The number of nitrogens with two attached hydrogens (primary N) is 1. The molecular weight excluding hydrogens is 352 g/mol. The molecule has 2 aromatic rings. The van der Waals surface area contributed by atoms with E-state index in [1.165, 1.54) is 0 Å². The zero-order chi connectivity index (χ0) is 19.1. The molecule has 0 aliphatic carbocycles. The number of ether oxygens (including phenoxy) is 2. The average Bonchev–Trinajstić information content (AvgIpc) is 2.65. The highest BCUT2D eigenvalue weighted by Crippen LogP contribution is 2.29. The van der Waals surface area contributed by atoms with E-state index in [0.29, 0.717) is 17.3 Å². The van der Waals surface area contributed by atoms with Crippen molar-refractivity contribution >= 4 is 17.5 Å². The minimum Gasteiger partial charge on any atom is -0.497 e. The van der Waals surface area contributed by atoms with E-state index in [9.17, 15) is 4.79 Å². The largest absolute Gasteiger partial charge is 0.497 e. The second-order valence-electron chi connectivity index (χ2n) is 6.15. The number of carbonyl (C=O) groups excluding carboxylic acids is 1. The van der Waals surface area contributed by atoms with Crippen molar-refractivity contribution in [1.29, 1.82) is 0 Å². The van der Waals surface area contributed by atoms with Crippen LogP contribution in [0.4, 0.5) is 0 Å². The summed E-state index contributed by atoms with van der Waals surface area (Å²) in [6.45, 7) is 4.26. The standard InChI is InChI=1S/C20H25ClN2O3/c1-13(16-7-5-6-8-18(16)21)22-12-20(24)23-14(2)17-11-15(25-3)9-10-19(17)26-4/h5-11,13-14,22H,12H2,1-4H3,(H,23,24)/p+1/t13-,14+/m1/s1. The summed E-state index contributed by atoms with van der Waals surface area (Å²) in [6.07, 6.45) is 0. The Kier molecular flexibility index (Phi) is 7.30. The Hall–Kier alpha value is -2.24. The lowest BCUT2D eigenvalue weighted by Crippen LogP contribution is -2.87. The van der Waals surface area contributed by atoms with Crippen molar-refractivity contribution in [3.8, 4) is 11.5 Å². The molecule has 0 saturated carbocycles. The summed E-state index contributed by atoms with van der Waals surface area (Å²) in [7, 11) is 3.22. The molecule has 0 radical (unpaired) electrons. The van der Waals surface area contributed by atoms with Gasteiger partial charge in [-0.15, -0.1) is 0 Å². The van der Waals surface area contributed by atoms with Crippen molar-refractivity contribution in [3.63, 3.8) is 0 Å². The molecule has 3 N–H and O–H groups in total. The van der Waals surface area contributed by atoms with Crippen LogP contribution in [0.3, 0.4) is 0 Å². The Balaban J connectivity index is 1.96. The van der Waals surface area contributed by atoms with Crippen LogP contribution in [-0.4, -0.2) is 26.7 Å². The molecule has 0 aliphatic rings.